The van der Waals surface area contributed by atoms with Crippen molar-refractivity contribution in [1.29, 1.82) is 0 Å². The van der Waals surface area contributed by atoms with E-state index in [0.29, 0.717) is 37.6 Å². The molecule has 1 aromatic rings. The predicted molar refractivity (Wildman–Crippen MR) is 89.4 cm³/mol. The van der Waals surface area contributed by atoms with E-state index < -0.39 is 18.1 Å². The Bertz CT molecular complexity index is 749. The number of nitrogens with one attached hydrogen (secondary N) is 1. The molecule has 1 aromatic carbocycles. The van der Waals surface area contributed by atoms with Crippen molar-refractivity contribution < 1.29 is 33.2 Å². The average Bonchev–Trinajstić information content (AvgIpc) is 2.60. The number of rotatable bonds is 8. The van der Waals surface area contributed by atoms with E-state index in [4.69, 9.17) is 18.9 Å². The van der Waals surface area contributed by atoms with Crippen LogP contribution in [0.3, 0.4) is 0 Å². The van der Waals surface area contributed by atoms with Crippen molar-refractivity contribution in [3.8, 4) is 11.5 Å². The number of carbonyl (C=O) groups is 1. The number of aliphatic hydroxyl groups excluding tert-OH is 1. The van der Waals surface area contributed by atoms with Crippen LogP contribution < -0.4 is 14.8 Å². The Morgan fingerprint density at radius 1 is 1.31 bits per heavy atom. The number of aliphatic imine (C=N–C) groups is 1. The lowest BCUT2D eigenvalue weighted by molar-refractivity contribution is -0.120. The zero-order valence-electron chi connectivity index (χ0n) is 14.2. The second-order valence-corrected chi connectivity index (χ2v) is 5.57. The molecule has 0 radical (unpaired) electrons. The van der Waals surface area contributed by atoms with Crippen molar-refractivity contribution >= 4 is 17.9 Å². The highest BCUT2D eigenvalue weighted by atomic mass is 19.1. The number of fused-ring (bicyclic) bond motifs is 2. The van der Waals surface area contributed by atoms with Crippen LogP contribution in [-0.2, 0) is 14.3 Å². The SMILES string of the molecule is COCCOCCCOc1cc2c(cc1F)C=C1C(=O)NC(O)N=C1O2. The van der Waals surface area contributed by atoms with Gasteiger partial charge in [-0.2, -0.15) is 4.99 Å². The maximum Gasteiger partial charge on any atom is 0.260 e. The molecule has 0 saturated heterocycles. The Labute approximate surface area is 149 Å². The zero-order chi connectivity index (χ0) is 18.5. The van der Waals surface area contributed by atoms with Crippen LogP contribution in [-0.4, -0.2) is 56.8 Å². The summed E-state index contributed by atoms with van der Waals surface area (Å²) in [5.41, 5.74) is 0.516. The minimum atomic E-state index is -1.37. The van der Waals surface area contributed by atoms with E-state index in [0.717, 1.165) is 0 Å². The van der Waals surface area contributed by atoms with Gasteiger partial charge < -0.3 is 29.4 Å². The third-order valence-corrected chi connectivity index (χ3v) is 3.67. The molecular weight excluding hydrogens is 347 g/mol. The van der Waals surface area contributed by atoms with Gasteiger partial charge in [-0.25, -0.2) is 4.39 Å². The fraction of sp³-hybridized carbons (Fsp3) is 0.412. The summed E-state index contributed by atoms with van der Waals surface area (Å²) >= 11 is 0. The maximum atomic E-state index is 14.2. The van der Waals surface area contributed by atoms with Gasteiger partial charge in [0.05, 0.1) is 19.8 Å². The van der Waals surface area contributed by atoms with Gasteiger partial charge in [-0.05, 0) is 12.1 Å². The summed E-state index contributed by atoms with van der Waals surface area (Å²) in [6, 6.07) is 2.62. The normalized spacial score (nSPS) is 18.1. The first-order valence-electron chi connectivity index (χ1n) is 8.08. The summed E-state index contributed by atoms with van der Waals surface area (Å²) in [6.07, 6.45) is 0.671. The molecule has 0 saturated carbocycles. The van der Waals surface area contributed by atoms with Crippen LogP contribution in [0.4, 0.5) is 4.39 Å². The molecule has 0 spiro atoms. The smallest absolute Gasteiger partial charge is 0.260 e. The molecule has 8 nitrogen and oxygen atoms in total. The molecule has 140 valence electrons. The van der Waals surface area contributed by atoms with Crippen molar-refractivity contribution in [2.24, 2.45) is 4.99 Å². The number of hydrogen-bond acceptors (Lipinski definition) is 7. The van der Waals surface area contributed by atoms with E-state index in [9.17, 15) is 14.3 Å². The van der Waals surface area contributed by atoms with Gasteiger partial charge in [0.2, 0.25) is 12.2 Å². The fourth-order valence-corrected chi connectivity index (χ4v) is 2.42. The Kier molecular flexibility index (Phi) is 5.82. The fourth-order valence-electron chi connectivity index (χ4n) is 2.42. The van der Waals surface area contributed by atoms with E-state index in [1.807, 2.05) is 0 Å². The first-order valence-corrected chi connectivity index (χ1v) is 8.08. The number of benzene rings is 1. The van der Waals surface area contributed by atoms with E-state index in [2.05, 4.69) is 10.3 Å². The molecule has 1 unspecified atom stereocenters. The summed E-state index contributed by atoms with van der Waals surface area (Å²) in [5, 5.41) is 11.7. The Morgan fingerprint density at radius 3 is 2.96 bits per heavy atom. The number of halogens is 1. The molecule has 26 heavy (non-hydrogen) atoms. The average molecular weight is 366 g/mol. The number of nitrogens with zero attached hydrogens (tertiary/aromatic N) is 1. The van der Waals surface area contributed by atoms with Crippen LogP contribution in [0.15, 0.2) is 22.7 Å². The topological polar surface area (TPSA) is 98.6 Å². The first-order chi connectivity index (χ1) is 12.6. The van der Waals surface area contributed by atoms with Crippen LogP contribution in [0.1, 0.15) is 12.0 Å². The summed E-state index contributed by atoms with van der Waals surface area (Å²) in [4.78, 5) is 15.6. The monoisotopic (exact) mass is 366 g/mol. The molecule has 0 aromatic heterocycles. The van der Waals surface area contributed by atoms with E-state index in [1.165, 1.54) is 18.2 Å². The summed E-state index contributed by atoms with van der Waals surface area (Å²) in [7, 11) is 1.59. The highest BCUT2D eigenvalue weighted by Crippen LogP contribution is 2.34. The van der Waals surface area contributed by atoms with E-state index in [1.54, 1.807) is 7.11 Å². The van der Waals surface area contributed by atoms with Gasteiger partial charge in [-0.3, -0.25) is 4.79 Å². The first kappa shape index (κ1) is 18.3. The number of hydrogen-bond donors (Lipinski definition) is 2. The van der Waals surface area contributed by atoms with Crippen LogP contribution in [0.2, 0.25) is 0 Å². The van der Waals surface area contributed by atoms with Gasteiger partial charge in [-0.15, -0.1) is 0 Å². The number of ether oxygens (including phenoxy) is 4. The third kappa shape index (κ3) is 4.18. The molecule has 2 heterocycles. The lowest BCUT2D eigenvalue weighted by Crippen LogP contribution is -2.43. The molecule has 2 N–H and O–H groups in total. The van der Waals surface area contributed by atoms with Gasteiger partial charge >= 0.3 is 0 Å². The molecule has 1 amide bonds. The standard InChI is InChI=1S/C17H19FN2O6/c1-23-5-6-24-3-2-4-25-14-9-13-10(8-12(14)18)7-11-15(21)19-17(22)20-16(11)26-13/h7-9,17,22H,2-6H2,1H3,(H,19,21). The summed E-state index contributed by atoms with van der Waals surface area (Å²) < 4.78 is 35.3. The second kappa shape index (κ2) is 8.26. The van der Waals surface area contributed by atoms with Gasteiger partial charge in [0, 0.05) is 31.8 Å². The molecule has 9 heteroatoms. The minimum absolute atomic E-state index is 0.0159. The molecular formula is C17H19FN2O6. The van der Waals surface area contributed by atoms with E-state index >= 15 is 0 Å². The van der Waals surface area contributed by atoms with E-state index in [-0.39, 0.29) is 23.8 Å². The molecule has 3 rings (SSSR count). The van der Waals surface area contributed by atoms with Crippen LogP contribution >= 0.6 is 0 Å². The lowest BCUT2D eigenvalue weighted by Gasteiger charge is -2.24. The highest BCUT2D eigenvalue weighted by molar-refractivity contribution is 6.24. The number of amides is 1. The largest absolute Gasteiger partial charge is 0.490 e. The summed E-state index contributed by atoms with van der Waals surface area (Å²) in [6.45, 7) is 1.76. The molecule has 0 fully saturated rings. The highest BCUT2D eigenvalue weighted by Gasteiger charge is 2.30. The molecule has 0 aliphatic carbocycles. The van der Waals surface area contributed by atoms with Gasteiger partial charge in [-0.1, -0.05) is 0 Å². The molecule has 2 aliphatic rings. The van der Waals surface area contributed by atoms with Gasteiger partial charge in [0.1, 0.15) is 11.3 Å². The Hall–Kier alpha value is -2.49. The zero-order valence-corrected chi connectivity index (χ0v) is 14.2. The Morgan fingerprint density at radius 2 is 2.15 bits per heavy atom. The quantitative estimate of drug-likeness (QED) is 0.662. The number of aliphatic hydroxyl groups is 1. The van der Waals surface area contributed by atoms with Crippen LogP contribution in [0.25, 0.3) is 6.08 Å². The van der Waals surface area contributed by atoms with Crippen molar-refractivity contribution in [2.75, 3.05) is 33.5 Å². The minimum Gasteiger partial charge on any atom is -0.490 e. The summed E-state index contributed by atoms with van der Waals surface area (Å²) in [5.74, 6) is -0.803. The number of methoxy groups -OCH3 is 1. The molecule has 1 atom stereocenters. The third-order valence-electron chi connectivity index (χ3n) is 3.67. The van der Waals surface area contributed by atoms with Crippen molar-refractivity contribution in [2.45, 2.75) is 12.8 Å². The van der Waals surface area contributed by atoms with Crippen LogP contribution in [0, 0.1) is 5.82 Å². The second-order valence-electron chi connectivity index (χ2n) is 5.57. The van der Waals surface area contributed by atoms with Crippen LogP contribution in [0.5, 0.6) is 11.5 Å². The molecule has 0 bridgehead atoms. The van der Waals surface area contributed by atoms with Crippen molar-refractivity contribution in [1.82, 2.24) is 5.32 Å². The van der Waals surface area contributed by atoms with Crippen molar-refractivity contribution in [3.63, 3.8) is 0 Å². The van der Waals surface area contributed by atoms with Gasteiger partial charge in [0.15, 0.2) is 11.6 Å². The predicted octanol–water partition coefficient (Wildman–Crippen LogP) is 0.838. The van der Waals surface area contributed by atoms with Gasteiger partial charge in [0.25, 0.3) is 5.91 Å². The molecule has 2 aliphatic heterocycles. The Balaban J connectivity index is 1.64. The maximum absolute atomic E-state index is 14.2. The number of carbonyl (C=O) groups excluding carboxylic acids is 1. The lowest BCUT2D eigenvalue weighted by atomic mass is 10.0. The van der Waals surface area contributed by atoms with Crippen molar-refractivity contribution in [3.05, 3.63) is 29.1 Å².